The molecule has 3 amide bonds. The molecule has 0 spiro atoms. The van der Waals surface area contributed by atoms with E-state index in [9.17, 15) is 19.5 Å². The fourth-order valence-electron chi connectivity index (χ4n) is 5.40. The number of carboxylic acid groups (broad SMARTS) is 1. The zero-order valence-electron chi connectivity index (χ0n) is 25.3. The van der Waals surface area contributed by atoms with Gasteiger partial charge in [-0.05, 0) is 37.3 Å². The van der Waals surface area contributed by atoms with Gasteiger partial charge in [0.15, 0.2) is 0 Å². The van der Waals surface area contributed by atoms with Crippen molar-refractivity contribution in [2.45, 2.75) is 77.9 Å². The molecule has 2 atom stereocenters. The van der Waals surface area contributed by atoms with E-state index in [1.165, 1.54) is 4.90 Å². The Kier molecular flexibility index (Phi) is 10.1. The molecule has 0 unspecified atom stereocenters. The number of likely N-dealkylation sites (tertiary alicyclic amines) is 1. The number of rotatable bonds is 9. The molecule has 2 saturated heterocycles. The molecule has 0 aromatic carbocycles. The Hall–Kier alpha value is -3.67. The second-order valence-electron chi connectivity index (χ2n) is 12.7. The molecule has 2 aliphatic heterocycles. The van der Waals surface area contributed by atoms with E-state index >= 15 is 0 Å². The van der Waals surface area contributed by atoms with Crippen molar-refractivity contribution in [2.24, 2.45) is 11.8 Å². The Labute approximate surface area is 247 Å². The monoisotopic (exact) mass is 584 g/mol. The number of anilines is 1. The molecule has 0 radical (unpaired) electrons. The van der Waals surface area contributed by atoms with Crippen LogP contribution in [0.1, 0.15) is 75.8 Å². The Morgan fingerprint density at radius 2 is 1.93 bits per heavy atom. The van der Waals surface area contributed by atoms with Crippen molar-refractivity contribution < 1.29 is 28.6 Å². The fourth-order valence-corrected chi connectivity index (χ4v) is 5.40. The van der Waals surface area contributed by atoms with Crippen LogP contribution in [0.5, 0.6) is 0 Å². The minimum absolute atomic E-state index is 0.0911. The number of ether oxygens (including phenoxy) is 1. The quantitative estimate of drug-likeness (QED) is 0.400. The number of nitrogens with one attached hydrogen (secondary N) is 2. The topological polar surface area (TPSA) is 150 Å². The Morgan fingerprint density at radius 3 is 2.55 bits per heavy atom. The second-order valence-corrected chi connectivity index (χ2v) is 12.7. The highest BCUT2D eigenvalue weighted by molar-refractivity contribution is 5.98. The van der Waals surface area contributed by atoms with Crippen molar-refractivity contribution in [3.05, 3.63) is 41.7 Å². The van der Waals surface area contributed by atoms with Crippen LogP contribution in [-0.2, 0) is 21.5 Å². The molecule has 2 aliphatic rings. The molecule has 230 valence electrons. The summed E-state index contributed by atoms with van der Waals surface area (Å²) in [6.07, 6.45) is 3.77. The summed E-state index contributed by atoms with van der Waals surface area (Å²) in [6.45, 7) is 12.1. The van der Waals surface area contributed by atoms with Gasteiger partial charge in [-0.15, -0.1) is 0 Å². The summed E-state index contributed by atoms with van der Waals surface area (Å²) in [5.74, 6) is 1.23. The number of amides is 3. The summed E-state index contributed by atoms with van der Waals surface area (Å²) >= 11 is 0. The maximum Gasteiger partial charge on any atom is 0.407 e. The summed E-state index contributed by atoms with van der Waals surface area (Å²) in [5, 5.41) is 16.3. The predicted molar refractivity (Wildman–Crippen MR) is 156 cm³/mol. The van der Waals surface area contributed by atoms with Crippen LogP contribution in [0.4, 0.5) is 10.6 Å². The van der Waals surface area contributed by atoms with E-state index in [4.69, 9.17) is 14.1 Å². The minimum Gasteiger partial charge on any atom is -0.467 e. The van der Waals surface area contributed by atoms with Gasteiger partial charge in [-0.3, -0.25) is 9.59 Å². The van der Waals surface area contributed by atoms with Crippen molar-refractivity contribution in [2.75, 3.05) is 38.2 Å². The normalized spacial score (nSPS) is 19.9. The third kappa shape index (κ3) is 7.99. The van der Waals surface area contributed by atoms with Gasteiger partial charge in [-0.25, -0.2) is 14.8 Å². The SMILES string of the molecule is CC(C)CN(C(=O)c1cnc(C(C)(C)C)nc1NCc1ccco1)[C@H]1C[C@@H](NC(=O)C2CCOCC2)CN(C(=O)O)C1. The predicted octanol–water partition coefficient (Wildman–Crippen LogP) is 3.74. The van der Waals surface area contributed by atoms with Crippen molar-refractivity contribution in [1.29, 1.82) is 0 Å². The first-order chi connectivity index (χ1) is 19.9. The van der Waals surface area contributed by atoms with Crippen LogP contribution in [0, 0.1) is 11.8 Å². The third-order valence-corrected chi connectivity index (χ3v) is 7.60. The van der Waals surface area contributed by atoms with E-state index in [1.54, 1.807) is 23.4 Å². The fraction of sp³-hybridized carbons (Fsp3) is 0.633. The van der Waals surface area contributed by atoms with Crippen molar-refractivity contribution >= 4 is 23.7 Å². The molecule has 12 heteroatoms. The molecule has 2 aromatic rings. The van der Waals surface area contributed by atoms with Crippen LogP contribution in [0.3, 0.4) is 0 Å². The summed E-state index contributed by atoms with van der Waals surface area (Å²) in [4.78, 5) is 51.8. The highest BCUT2D eigenvalue weighted by Crippen LogP contribution is 2.26. The van der Waals surface area contributed by atoms with Crippen molar-refractivity contribution in [1.82, 2.24) is 25.1 Å². The molecule has 2 aromatic heterocycles. The first-order valence-corrected chi connectivity index (χ1v) is 14.7. The molecule has 0 saturated carbocycles. The van der Waals surface area contributed by atoms with E-state index in [1.807, 2.05) is 40.7 Å². The molecular formula is C30H44N6O6. The Morgan fingerprint density at radius 1 is 1.19 bits per heavy atom. The lowest BCUT2D eigenvalue weighted by Crippen LogP contribution is -2.60. The smallest absolute Gasteiger partial charge is 0.407 e. The van der Waals surface area contributed by atoms with Gasteiger partial charge in [0.05, 0.1) is 18.8 Å². The van der Waals surface area contributed by atoms with Crippen LogP contribution in [0.2, 0.25) is 0 Å². The molecule has 4 heterocycles. The maximum atomic E-state index is 14.3. The van der Waals surface area contributed by atoms with E-state index in [0.717, 1.165) is 0 Å². The van der Waals surface area contributed by atoms with Crippen LogP contribution in [0.25, 0.3) is 0 Å². The summed E-state index contributed by atoms with van der Waals surface area (Å²) < 4.78 is 10.9. The standard InChI is InChI=1S/C30H44N6O6/c1-19(2)16-36(22-13-21(17-35(18-22)29(39)40)33-26(37)20-8-11-41-12-9-20)27(38)24-15-32-28(30(3,4)5)34-25(24)31-14-23-7-6-10-42-23/h6-7,10,15,19-22H,8-9,11-14,16-18H2,1-5H3,(H,33,37)(H,39,40)(H,31,32,34)/t21-,22+/m1/s1. The third-order valence-electron chi connectivity index (χ3n) is 7.60. The molecule has 12 nitrogen and oxygen atoms in total. The molecule has 42 heavy (non-hydrogen) atoms. The van der Waals surface area contributed by atoms with Crippen molar-refractivity contribution in [3.63, 3.8) is 0 Å². The number of hydrogen-bond donors (Lipinski definition) is 3. The lowest BCUT2D eigenvalue weighted by molar-refractivity contribution is -0.129. The number of hydrogen-bond acceptors (Lipinski definition) is 8. The number of furan rings is 1. The second kappa shape index (κ2) is 13.5. The molecule has 0 bridgehead atoms. The maximum absolute atomic E-state index is 14.3. The Bertz CT molecular complexity index is 1220. The average Bonchev–Trinajstić information content (AvgIpc) is 3.48. The number of nitrogens with zero attached hydrogens (tertiary/aromatic N) is 4. The molecular weight excluding hydrogens is 540 g/mol. The lowest BCUT2D eigenvalue weighted by atomic mass is 9.94. The lowest BCUT2D eigenvalue weighted by Gasteiger charge is -2.43. The van der Waals surface area contributed by atoms with E-state index in [-0.39, 0.29) is 42.2 Å². The molecule has 2 fully saturated rings. The molecule has 0 aliphatic carbocycles. The molecule has 3 N–H and O–H groups in total. The molecule has 4 rings (SSSR count). The van der Waals surface area contributed by atoms with Gasteiger partial charge in [0.1, 0.15) is 23.0 Å². The van der Waals surface area contributed by atoms with Gasteiger partial charge in [0.2, 0.25) is 5.91 Å². The van der Waals surface area contributed by atoms with Crippen LogP contribution in [-0.4, -0.2) is 87.7 Å². The minimum atomic E-state index is -1.08. The largest absolute Gasteiger partial charge is 0.467 e. The summed E-state index contributed by atoms with van der Waals surface area (Å²) in [6, 6.07) is 2.75. The highest BCUT2D eigenvalue weighted by atomic mass is 16.5. The number of carbonyl (C=O) groups excluding carboxylic acids is 2. The van der Waals surface area contributed by atoms with Crippen molar-refractivity contribution in [3.8, 4) is 0 Å². The zero-order chi connectivity index (χ0) is 30.4. The van der Waals surface area contributed by atoms with Crippen LogP contribution in [0.15, 0.2) is 29.0 Å². The van der Waals surface area contributed by atoms with Gasteiger partial charge in [-0.1, -0.05) is 34.6 Å². The number of piperidine rings is 1. The van der Waals surface area contributed by atoms with Gasteiger partial charge >= 0.3 is 6.09 Å². The first-order valence-electron chi connectivity index (χ1n) is 14.7. The van der Waals surface area contributed by atoms with Gasteiger partial charge in [0, 0.05) is 56.4 Å². The zero-order valence-corrected chi connectivity index (χ0v) is 25.3. The van der Waals surface area contributed by atoms with E-state index in [2.05, 4.69) is 15.6 Å². The van der Waals surface area contributed by atoms with Gasteiger partial charge in [0.25, 0.3) is 5.91 Å². The van der Waals surface area contributed by atoms with Gasteiger partial charge < -0.3 is 34.7 Å². The summed E-state index contributed by atoms with van der Waals surface area (Å²) in [7, 11) is 0. The van der Waals surface area contributed by atoms with Crippen LogP contribution >= 0.6 is 0 Å². The van der Waals surface area contributed by atoms with E-state index in [0.29, 0.717) is 68.5 Å². The van der Waals surface area contributed by atoms with E-state index < -0.39 is 18.2 Å². The van der Waals surface area contributed by atoms with Gasteiger partial charge in [-0.2, -0.15) is 0 Å². The number of aromatic nitrogens is 2. The summed E-state index contributed by atoms with van der Waals surface area (Å²) in [5.41, 5.74) is -0.0490. The van der Waals surface area contributed by atoms with Crippen LogP contribution < -0.4 is 10.6 Å². The highest BCUT2D eigenvalue weighted by Gasteiger charge is 2.38. The Balaban J connectivity index is 1.62. The number of carbonyl (C=O) groups is 3. The first kappa shape index (κ1) is 31.3. The average molecular weight is 585 g/mol.